The van der Waals surface area contributed by atoms with Crippen LogP contribution in [0.5, 0.6) is 17.2 Å². The molecule has 2 aromatic carbocycles. The number of sulfonamides is 1. The summed E-state index contributed by atoms with van der Waals surface area (Å²) in [6, 6.07) is 9.00. The molecule has 44 heavy (non-hydrogen) atoms. The molecule has 0 spiro atoms. The average Bonchev–Trinajstić information content (AvgIpc) is 3.65. The zero-order valence-electron chi connectivity index (χ0n) is 24.9. The van der Waals surface area contributed by atoms with E-state index >= 15 is 0 Å². The number of likely N-dealkylation sites (N-methyl/N-ethyl adjacent to an activating group) is 1. The number of aliphatic hydroxyl groups is 1. The van der Waals surface area contributed by atoms with Crippen molar-refractivity contribution in [2.45, 2.75) is 37.4 Å². The number of aliphatic hydroxyl groups excluding tert-OH is 1. The fourth-order valence-electron chi connectivity index (χ4n) is 5.03. The van der Waals surface area contributed by atoms with E-state index in [1.54, 1.807) is 59.8 Å². The second kappa shape index (κ2) is 12.7. The van der Waals surface area contributed by atoms with E-state index in [2.05, 4.69) is 15.6 Å². The first-order valence-corrected chi connectivity index (χ1v) is 15.5. The predicted octanol–water partition coefficient (Wildman–Crippen LogP) is 2.26. The highest BCUT2D eigenvalue weighted by atomic mass is 32.2. The van der Waals surface area contributed by atoms with Crippen LogP contribution in [0.3, 0.4) is 0 Å². The van der Waals surface area contributed by atoms with E-state index in [1.165, 1.54) is 23.9 Å². The summed E-state index contributed by atoms with van der Waals surface area (Å²) in [6.45, 7) is 3.71. The van der Waals surface area contributed by atoms with Gasteiger partial charge in [0.1, 0.15) is 11.9 Å². The van der Waals surface area contributed by atoms with Crippen LogP contribution < -0.4 is 24.8 Å². The van der Waals surface area contributed by atoms with Crippen LogP contribution in [0.2, 0.25) is 0 Å². The number of rotatable bonds is 8. The average molecular weight is 629 g/mol. The largest absolute Gasteiger partial charge is 0.488 e. The number of hydrogen-bond acceptors (Lipinski definition) is 9. The third kappa shape index (κ3) is 6.74. The van der Waals surface area contributed by atoms with E-state index < -0.39 is 28.2 Å². The monoisotopic (exact) mass is 628 g/mol. The van der Waals surface area contributed by atoms with Crippen LogP contribution in [0.4, 0.5) is 16.2 Å². The van der Waals surface area contributed by atoms with Crippen molar-refractivity contribution in [2.75, 3.05) is 44.2 Å². The molecular weight excluding hydrogens is 592 g/mol. The van der Waals surface area contributed by atoms with Gasteiger partial charge >= 0.3 is 6.03 Å². The van der Waals surface area contributed by atoms with Gasteiger partial charge in [-0.2, -0.15) is 4.31 Å². The lowest BCUT2D eigenvalue weighted by Crippen LogP contribution is -2.48. The van der Waals surface area contributed by atoms with Crippen molar-refractivity contribution in [3.63, 3.8) is 0 Å². The van der Waals surface area contributed by atoms with Crippen molar-refractivity contribution in [3.8, 4) is 17.2 Å². The third-order valence-electron chi connectivity index (χ3n) is 7.60. The third-order valence-corrected chi connectivity index (χ3v) is 9.31. The molecule has 14 nitrogen and oxygen atoms in total. The Kier molecular flexibility index (Phi) is 8.99. The Balaban J connectivity index is 1.38. The number of aromatic nitrogens is 2. The number of anilines is 2. The Morgan fingerprint density at radius 1 is 1.14 bits per heavy atom. The fourth-order valence-corrected chi connectivity index (χ4v) is 6.17. The molecule has 0 radical (unpaired) electrons. The molecule has 0 saturated carbocycles. The Hall–Kier alpha value is -4.34. The summed E-state index contributed by atoms with van der Waals surface area (Å²) in [7, 11) is -0.770. The fraction of sp³-hybridized carbons (Fsp3) is 0.414. The predicted molar refractivity (Wildman–Crippen MR) is 160 cm³/mol. The molecule has 3 N–H and O–H groups in total. The van der Waals surface area contributed by atoms with Gasteiger partial charge in [0.25, 0.3) is 10.0 Å². The molecular formula is C29H36N6O8S. The number of carbonyl (C=O) groups is 2. The quantitative estimate of drug-likeness (QED) is 0.339. The van der Waals surface area contributed by atoms with Gasteiger partial charge in [0, 0.05) is 55.8 Å². The Labute approximate surface area is 255 Å². The summed E-state index contributed by atoms with van der Waals surface area (Å²) < 4.78 is 46.3. The highest BCUT2D eigenvalue weighted by Crippen LogP contribution is 2.34. The molecule has 236 valence electrons. The second-order valence-electron chi connectivity index (χ2n) is 11.0. The molecule has 15 heteroatoms. The maximum Gasteiger partial charge on any atom is 0.323 e. The molecule has 5 rings (SSSR count). The van der Waals surface area contributed by atoms with Gasteiger partial charge in [0.05, 0.1) is 31.9 Å². The van der Waals surface area contributed by atoms with E-state index in [0.29, 0.717) is 34.2 Å². The molecule has 2 aliphatic rings. The van der Waals surface area contributed by atoms with Crippen molar-refractivity contribution in [1.29, 1.82) is 0 Å². The number of hydrogen-bond donors (Lipinski definition) is 3. The van der Waals surface area contributed by atoms with Gasteiger partial charge in [-0.05, 0) is 37.3 Å². The highest BCUT2D eigenvalue weighted by molar-refractivity contribution is 7.89. The van der Waals surface area contributed by atoms with Gasteiger partial charge in [0.15, 0.2) is 16.5 Å². The first-order chi connectivity index (χ1) is 20.9. The molecule has 2 aliphatic heterocycles. The number of carbonyl (C=O) groups excluding carboxylic acids is 2. The van der Waals surface area contributed by atoms with Gasteiger partial charge in [-0.3, -0.25) is 4.79 Å². The van der Waals surface area contributed by atoms with E-state index in [9.17, 15) is 23.1 Å². The topological polar surface area (TPSA) is 165 Å². The first-order valence-electron chi connectivity index (χ1n) is 14.1. The first kappa shape index (κ1) is 31.1. The summed E-state index contributed by atoms with van der Waals surface area (Å²) in [5, 5.41) is 15.3. The minimum Gasteiger partial charge on any atom is -0.488 e. The number of urea groups is 1. The Bertz CT molecular complexity index is 1640. The summed E-state index contributed by atoms with van der Waals surface area (Å²) in [5.74, 6) is 0.959. The number of fused-ring (bicyclic) bond motifs is 2. The van der Waals surface area contributed by atoms with Crippen LogP contribution in [0, 0.1) is 5.92 Å². The minimum absolute atomic E-state index is 0.0208. The maximum atomic E-state index is 13.5. The lowest BCUT2D eigenvalue weighted by atomic mass is 10.0. The standard InChI is InChI=1S/C29H36N6O8S/c1-18-12-35(19(2)15-36)28(37)10-20-9-21(31-29(38)32-22-6-8-24-25(11-22)42-17-41-24)5-7-23(20)43-26(18)13-34(4)44(39,40)27-14-33(3)16-30-27/h5-9,11,14,16,18-19,26,36H,10,12-13,15,17H2,1-4H3,(H2,31,32,38)/t18-,19+,26-/m1/s1. The van der Waals surface area contributed by atoms with E-state index in [1.807, 2.05) is 6.92 Å². The number of nitrogens with one attached hydrogen (secondary N) is 2. The molecule has 0 bridgehead atoms. The smallest absolute Gasteiger partial charge is 0.323 e. The van der Waals surface area contributed by atoms with Crippen LogP contribution in [0.1, 0.15) is 19.4 Å². The molecule has 0 fully saturated rings. The molecule has 3 amide bonds. The lowest BCUT2D eigenvalue weighted by molar-refractivity contribution is -0.134. The van der Waals surface area contributed by atoms with Crippen molar-refractivity contribution < 1.29 is 37.3 Å². The Morgan fingerprint density at radius 3 is 2.50 bits per heavy atom. The van der Waals surface area contributed by atoms with Gasteiger partial charge in [-0.1, -0.05) is 6.92 Å². The van der Waals surface area contributed by atoms with Gasteiger partial charge < -0.3 is 39.4 Å². The van der Waals surface area contributed by atoms with Gasteiger partial charge in [-0.25, -0.2) is 18.2 Å². The normalized spacial score (nSPS) is 19.0. The molecule has 0 unspecified atom stereocenters. The Morgan fingerprint density at radius 2 is 1.82 bits per heavy atom. The van der Waals surface area contributed by atoms with E-state index in [-0.39, 0.29) is 49.8 Å². The molecule has 3 heterocycles. The van der Waals surface area contributed by atoms with Crippen LogP contribution in [-0.2, 0) is 28.3 Å². The van der Waals surface area contributed by atoms with E-state index in [0.717, 1.165) is 0 Å². The highest BCUT2D eigenvalue weighted by Gasteiger charge is 2.34. The van der Waals surface area contributed by atoms with Crippen LogP contribution in [0.15, 0.2) is 53.9 Å². The van der Waals surface area contributed by atoms with Gasteiger partial charge in [-0.15, -0.1) is 0 Å². The molecule has 0 aliphatic carbocycles. The van der Waals surface area contributed by atoms with Crippen LogP contribution >= 0.6 is 0 Å². The number of imidazole rings is 1. The molecule has 1 aromatic heterocycles. The zero-order valence-corrected chi connectivity index (χ0v) is 25.7. The van der Waals surface area contributed by atoms with Crippen molar-refractivity contribution in [1.82, 2.24) is 18.8 Å². The van der Waals surface area contributed by atoms with Crippen molar-refractivity contribution in [3.05, 3.63) is 54.5 Å². The maximum absolute atomic E-state index is 13.5. The van der Waals surface area contributed by atoms with Crippen LogP contribution in [-0.4, -0.2) is 89.9 Å². The summed E-state index contributed by atoms with van der Waals surface area (Å²) in [4.78, 5) is 31.9. The summed E-state index contributed by atoms with van der Waals surface area (Å²) in [5.41, 5.74) is 1.42. The summed E-state index contributed by atoms with van der Waals surface area (Å²) in [6.07, 6.45) is 2.12. The lowest BCUT2D eigenvalue weighted by Gasteiger charge is -2.33. The molecule has 3 atom stereocenters. The zero-order chi connectivity index (χ0) is 31.6. The number of nitrogens with zero attached hydrogens (tertiary/aromatic N) is 4. The van der Waals surface area contributed by atoms with Crippen LogP contribution in [0.25, 0.3) is 0 Å². The molecule has 0 saturated heterocycles. The van der Waals surface area contributed by atoms with E-state index in [4.69, 9.17) is 14.2 Å². The number of aryl methyl sites for hydroxylation is 1. The number of ether oxygens (including phenoxy) is 3. The summed E-state index contributed by atoms with van der Waals surface area (Å²) >= 11 is 0. The second-order valence-corrected chi connectivity index (χ2v) is 13.0. The van der Waals surface area contributed by atoms with Crippen molar-refractivity contribution in [2.24, 2.45) is 13.0 Å². The minimum atomic E-state index is -3.91. The van der Waals surface area contributed by atoms with Crippen molar-refractivity contribution >= 4 is 33.3 Å². The number of benzene rings is 2. The van der Waals surface area contributed by atoms with Gasteiger partial charge in [0.2, 0.25) is 12.7 Å². The molecule has 3 aromatic rings. The SMILES string of the molecule is C[C@@H]1CN([C@@H](C)CO)C(=O)Cc2cc(NC(=O)Nc3ccc4c(c3)OCO4)ccc2O[C@@H]1CN(C)S(=O)(=O)c1cn(C)cn1. The number of amides is 3.